The van der Waals surface area contributed by atoms with E-state index in [1.54, 1.807) is 30.6 Å². The van der Waals surface area contributed by atoms with Crippen molar-refractivity contribution in [3.05, 3.63) is 60.6 Å². The van der Waals surface area contributed by atoms with E-state index in [9.17, 15) is 4.79 Å². The van der Waals surface area contributed by atoms with Gasteiger partial charge in [-0.15, -0.1) is 0 Å². The van der Waals surface area contributed by atoms with Crippen molar-refractivity contribution in [3.63, 3.8) is 0 Å². The molecule has 1 atom stereocenters. The molecule has 1 aliphatic rings. The van der Waals surface area contributed by atoms with Gasteiger partial charge in [0.2, 0.25) is 0 Å². The highest BCUT2D eigenvalue weighted by Gasteiger charge is 2.26. The number of hydrogen-bond acceptors (Lipinski definition) is 7. The van der Waals surface area contributed by atoms with Gasteiger partial charge in [-0.05, 0) is 30.7 Å². The quantitative estimate of drug-likeness (QED) is 0.478. The van der Waals surface area contributed by atoms with E-state index in [-0.39, 0.29) is 11.9 Å². The number of aromatic amines is 1. The van der Waals surface area contributed by atoms with Crippen molar-refractivity contribution in [3.8, 4) is 11.5 Å². The molecule has 1 unspecified atom stereocenters. The van der Waals surface area contributed by atoms with Crippen molar-refractivity contribution in [2.75, 3.05) is 23.7 Å². The van der Waals surface area contributed by atoms with Crippen LogP contribution >= 0.6 is 0 Å². The zero-order valence-electron chi connectivity index (χ0n) is 16.1. The fourth-order valence-electron chi connectivity index (χ4n) is 3.62. The van der Waals surface area contributed by atoms with E-state index in [0.29, 0.717) is 35.4 Å². The van der Waals surface area contributed by atoms with E-state index in [1.165, 1.54) is 0 Å². The van der Waals surface area contributed by atoms with Crippen LogP contribution in [0.5, 0.6) is 0 Å². The smallest absolute Gasteiger partial charge is 0.270 e. The first-order valence-corrected chi connectivity index (χ1v) is 9.72. The van der Waals surface area contributed by atoms with Crippen LogP contribution in [0, 0.1) is 0 Å². The van der Waals surface area contributed by atoms with E-state index >= 15 is 0 Å². The van der Waals surface area contributed by atoms with Crippen LogP contribution in [0.4, 0.5) is 11.6 Å². The summed E-state index contributed by atoms with van der Waals surface area (Å²) in [6, 6.07) is 13.1. The van der Waals surface area contributed by atoms with Gasteiger partial charge in [0.05, 0.1) is 17.2 Å². The van der Waals surface area contributed by atoms with Crippen LogP contribution in [0.2, 0.25) is 0 Å². The SMILES string of the molecule is Nc1ncc(N2CCC(NC(=O)c3ccccn3)C2)nc1-c1nc2ccccc2[nH]1. The maximum absolute atomic E-state index is 12.4. The number of H-pyrrole nitrogens is 1. The number of imidazole rings is 1. The van der Waals surface area contributed by atoms with E-state index in [0.717, 1.165) is 24.0 Å². The topological polar surface area (TPSA) is 126 Å². The summed E-state index contributed by atoms with van der Waals surface area (Å²) in [7, 11) is 0. The predicted molar refractivity (Wildman–Crippen MR) is 114 cm³/mol. The van der Waals surface area contributed by atoms with E-state index < -0.39 is 0 Å². The number of rotatable bonds is 4. The Morgan fingerprint density at radius 1 is 1.13 bits per heavy atom. The van der Waals surface area contributed by atoms with E-state index in [1.807, 2.05) is 24.3 Å². The number of nitrogen functional groups attached to an aromatic ring is 1. The van der Waals surface area contributed by atoms with Crippen LogP contribution in [0.1, 0.15) is 16.9 Å². The molecule has 1 fully saturated rings. The Balaban J connectivity index is 1.34. The van der Waals surface area contributed by atoms with E-state index in [4.69, 9.17) is 10.7 Å². The fraction of sp³-hybridized carbons (Fsp3) is 0.190. The number of benzene rings is 1. The summed E-state index contributed by atoms with van der Waals surface area (Å²) < 4.78 is 0. The summed E-state index contributed by atoms with van der Waals surface area (Å²) in [4.78, 5) is 35.4. The number of fused-ring (bicyclic) bond motifs is 1. The average Bonchev–Trinajstić information content (AvgIpc) is 3.41. The molecule has 0 spiro atoms. The largest absolute Gasteiger partial charge is 0.382 e. The van der Waals surface area contributed by atoms with Crippen molar-refractivity contribution in [2.24, 2.45) is 0 Å². The summed E-state index contributed by atoms with van der Waals surface area (Å²) >= 11 is 0. The number of anilines is 2. The van der Waals surface area contributed by atoms with Gasteiger partial charge in [-0.2, -0.15) is 0 Å². The molecule has 4 heterocycles. The maximum atomic E-state index is 12.4. The van der Waals surface area contributed by atoms with Crippen molar-refractivity contribution >= 4 is 28.6 Å². The zero-order valence-corrected chi connectivity index (χ0v) is 16.1. The number of pyridine rings is 1. The number of amides is 1. The van der Waals surface area contributed by atoms with Gasteiger partial charge in [-0.1, -0.05) is 18.2 Å². The summed E-state index contributed by atoms with van der Waals surface area (Å²) in [5, 5.41) is 3.04. The van der Waals surface area contributed by atoms with E-state index in [2.05, 4.69) is 30.2 Å². The van der Waals surface area contributed by atoms with Gasteiger partial charge in [-0.3, -0.25) is 9.78 Å². The summed E-state index contributed by atoms with van der Waals surface area (Å²) in [6.45, 7) is 1.39. The maximum Gasteiger partial charge on any atom is 0.270 e. The zero-order chi connectivity index (χ0) is 20.5. The molecule has 5 rings (SSSR count). The van der Waals surface area contributed by atoms with Crippen LogP contribution in [0.25, 0.3) is 22.6 Å². The number of nitrogens with zero attached hydrogens (tertiary/aromatic N) is 5. The Morgan fingerprint density at radius 2 is 2.00 bits per heavy atom. The fourth-order valence-corrected chi connectivity index (χ4v) is 3.62. The molecule has 1 aliphatic heterocycles. The van der Waals surface area contributed by atoms with Crippen LogP contribution in [0.3, 0.4) is 0 Å². The van der Waals surface area contributed by atoms with Crippen LogP contribution in [0.15, 0.2) is 54.9 Å². The molecule has 0 radical (unpaired) electrons. The molecule has 3 aromatic heterocycles. The van der Waals surface area contributed by atoms with Gasteiger partial charge in [-0.25, -0.2) is 15.0 Å². The minimum Gasteiger partial charge on any atom is -0.382 e. The van der Waals surface area contributed by atoms with Gasteiger partial charge in [0.15, 0.2) is 17.3 Å². The molecule has 0 aliphatic carbocycles. The van der Waals surface area contributed by atoms with Crippen molar-refractivity contribution in [2.45, 2.75) is 12.5 Å². The molecule has 1 amide bonds. The Morgan fingerprint density at radius 3 is 2.83 bits per heavy atom. The molecule has 9 heteroatoms. The highest BCUT2D eigenvalue weighted by Crippen LogP contribution is 2.26. The lowest BCUT2D eigenvalue weighted by molar-refractivity contribution is 0.0935. The minimum atomic E-state index is -0.172. The lowest BCUT2D eigenvalue weighted by Gasteiger charge is -2.18. The van der Waals surface area contributed by atoms with Crippen LogP contribution in [-0.4, -0.2) is 50.0 Å². The van der Waals surface area contributed by atoms with Crippen molar-refractivity contribution < 1.29 is 4.79 Å². The number of aromatic nitrogens is 5. The standard InChI is InChI=1S/C21H20N8O/c22-19-18(20-26-14-5-1-2-6-15(14)27-20)28-17(11-24-19)29-10-8-13(12-29)25-21(30)16-7-3-4-9-23-16/h1-7,9,11,13H,8,10,12H2,(H2,22,24)(H,25,30)(H,26,27). The molecule has 4 aromatic rings. The number of carbonyl (C=O) groups is 1. The van der Waals surface area contributed by atoms with Crippen LogP contribution < -0.4 is 16.0 Å². The highest BCUT2D eigenvalue weighted by molar-refractivity contribution is 5.92. The third-order valence-electron chi connectivity index (χ3n) is 5.15. The summed E-state index contributed by atoms with van der Waals surface area (Å²) in [5.74, 6) is 1.43. The van der Waals surface area contributed by atoms with Gasteiger partial charge in [0.1, 0.15) is 11.5 Å². The first-order valence-electron chi connectivity index (χ1n) is 9.72. The number of nitrogens with two attached hydrogens (primary N) is 1. The second kappa shape index (κ2) is 7.43. The normalized spacial score (nSPS) is 16.1. The molecule has 1 saturated heterocycles. The second-order valence-electron chi connectivity index (χ2n) is 7.18. The molecule has 0 saturated carbocycles. The monoisotopic (exact) mass is 400 g/mol. The van der Waals surface area contributed by atoms with Crippen molar-refractivity contribution in [1.29, 1.82) is 0 Å². The van der Waals surface area contributed by atoms with Gasteiger partial charge < -0.3 is 20.9 Å². The van der Waals surface area contributed by atoms with Gasteiger partial charge in [0.25, 0.3) is 5.91 Å². The lowest BCUT2D eigenvalue weighted by Crippen LogP contribution is -2.37. The minimum absolute atomic E-state index is 0.00788. The molecule has 4 N–H and O–H groups in total. The highest BCUT2D eigenvalue weighted by atomic mass is 16.1. The van der Waals surface area contributed by atoms with Crippen molar-refractivity contribution in [1.82, 2.24) is 30.2 Å². The van der Waals surface area contributed by atoms with Crippen LogP contribution in [-0.2, 0) is 0 Å². The third-order valence-corrected chi connectivity index (χ3v) is 5.15. The first-order chi connectivity index (χ1) is 14.7. The molecule has 9 nitrogen and oxygen atoms in total. The lowest BCUT2D eigenvalue weighted by atomic mass is 10.2. The third kappa shape index (κ3) is 3.41. The Labute approximate surface area is 172 Å². The molecule has 1 aromatic carbocycles. The molecule has 30 heavy (non-hydrogen) atoms. The number of carbonyl (C=O) groups excluding carboxylic acids is 1. The molecular formula is C21H20N8O. The number of nitrogens with one attached hydrogen (secondary N) is 2. The molecule has 150 valence electrons. The average molecular weight is 400 g/mol. The first kappa shape index (κ1) is 18.0. The summed E-state index contributed by atoms with van der Waals surface area (Å²) in [5.41, 5.74) is 8.77. The number of para-hydroxylation sites is 2. The Kier molecular flexibility index (Phi) is 4.47. The Hall–Kier alpha value is -4.01. The number of hydrogen-bond donors (Lipinski definition) is 3. The predicted octanol–water partition coefficient (Wildman–Crippen LogP) is 2.01. The Bertz CT molecular complexity index is 1170. The summed E-state index contributed by atoms with van der Waals surface area (Å²) in [6.07, 6.45) is 4.08. The molecule has 0 bridgehead atoms. The van der Waals surface area contributed by atoms with Gasteiger partial charge in [0, 0.05) is 25.3 Å². The molecular weight excluding hydrogens is 380 g/mol. The van der Waals surface area contributed by atoms with Gasteiger partial charge >= 0.3 is 0 Å². The second-order valence-corrected chi connectivity index (χ2v) is 7.18.